The molecule has 3 aliphatic rings. The molecule has 3 amide bonds. The molecular weight excluding hydrogens is 570 g/mol. The summed E-state index contributed by atoms with van der Waals surface area (Å²) in [5, 5.41) is 5.99. The van der Waals surface area contributed by atoms with Crippen LogP contribution in [0, 0.1) is 11.8 Å². The number of rotatable bonds is 7. The molecule has 2 N–H and O–H groups in total. The van der Waals surface area contributed by atoms with Crippen LogP contribution in [0.1, 0.15) is 108 Å². The minimum Gasteiger partial charge on any atom is -0.354 e. The van der Waals surface area contributed by atoms with Gasteiger partial charge >= 0.3 is 0 Å². The van der Waals surface area contributed by atoms with Gasteiger partial charge in [0.05, 0.1) is 0 Å². The Morgan fingerprint density at radius 1 is 0.886 bits per heavy atom. The highest BCUT2D eigenvalue weighted by molar-refractivity contribution is 6.30. The molecule has 242 valence electrons. The first-order valence-electron chi connectivity index (χ1n) is 16.6. The van der Waals surface area contributed by atoms with Crippen molar-refractivity contribution >= 4 is 30.3 Å². The Balaban J connectivity index is 0.000000239. The highest BCUT2D eigenvalue weighted by Crippen LogP contribution is 2.35. The number of piperidine rings is 1. The lowest BCUT2D eigenvalue weighted by molar-refractivity contribution is -0.136. The number of nitrogens with zero attached hydrogens (tertiary/aromatic N) is 1. The number of carbonyl (C=O) groups excluding carboxylic acids is 3. The number of benzene rings is 2. The Labute approximate surface area is 270 Å². The molecular formula is C37H54ClN3O3. The van der Waals surface area contributed by atoms with E-state index in [4.69, 9.17) is 11.6 Å². The molecule has 2 fully saturated rings. The number of fused-ring (bicyclic) bond motifs is 1. The van der Waals surface area contributed by atoms with Crippen molar-refractivity contribution in [3.63, 3.8) is 0 Å². The van der Waals surface area contributed by atoms with Crippen LogP contribution in [-0.2, 0) is 27.2 Å². The van der Waals surface area contributed by atoms with Crippen molar-refractivity contribution < 1.29 is 14.4 Å². The van der Waals surface area contributed by atoms with Crippen LogP contribution in [0.2, 0.25) is 5.02 Å². The molecule has 0 bridgehead atoms. The number of carbonyl (C=O) groups is 3. The van der Waals surface area contributed by atoms with Gasteiger partial charge in [0, 0.05) is 30.1 Å². The zero-order chi connectivity index (χ0) is 32.0. The molecule has 1 aliphatic heterocycles. The fourth-order valence-corrected chi connectivity index (χ4v) is 6.87. The fraction of sp³-hybridized carbons (Fsp3) is 0.595. The van der Waals surface area contributed by atoms with Gasteiger partial charge in [-0.25, -0.2) is 0 Å². The van der Waals surface area contributed by atoms with E-state index in [0.717, 1.165) is 49.2 Å². The summed E-state index contributed by atoms with van der Waals surface area (Å²) in [5.74, 6) is 2.46. The first kappa shape index (κ1) is 35.6. The number of nitrogens with one attached hydrogen (secondary N) is 2. The number of hydrogen-bond donors (Lipinski definition) is 2. The van der Waals surface area contributed by atoms with Gasteiger partial charge in [0.2, 0.25) is 18.7 Å². The van der Waals surface area contributed by atoms with Gasteiger partial charge in [0.15, 0.2) is 0 Å². The molecule has 2 atom stereocenters. The largest absolute Gasteiger partial charge is 0.354 e. The van der Waals surface area contributed by atoms with Crippen molar-refractivity contribution in [3.8, 4) is 0 Å². The summed E-state index contributed by atoms with van der Waals surface area (Å²) in [7, 11) is 0. The highest BCUT2D eigenvalue weighted by Gasteiger charge is 2.31. The van der Waals surface area contributed by atoms with Gasteiger partial charge in [-0.15, -0.1) is 0 Å². The molecule has 0 radical (unpaired) electrons. The second-order valence-electron chi connectivity index (χ2n) is 13.7. The van der Waals surface area contributed by atoms with Crippen molar-refractivity contribution in [3.05, 3.63) is 70.2 Å². The van der Waals surface area contributed by atoms with Crippen LogP contribution in [0.5, 0.6) is 0 Å². The Bertz CT molecular complexity index is 1150. The van der Waals surface area contributed by atoms with Gasteiger partial charge < -0.3 is 15.5 Å². The molecule has 5 rings (SSSR count). The molecule has 2 aromatic rings. The van der Waals surface area contributed by atoms with Crippen molar-refractivity contribution in [1.29, 1.82) is 0 Å². The molecule has 0 aromatic heterocycles. The monoisotopic (exact) mass is 623 g/mol. The highest BCUT2D eigenvalue weighted by atomic mass is 35.5. The van der Waals surface area contributed by atoms with Gasteiger partial charge in [0.25, 0.3) is 0 Å². The molecule has 1 saturated carbocycles. The molecule has 0 spiro atoms. The zero-order valence-corrected chi connectivity index (χ0v) is 28.1. The molecule has 44 heavy (non-hydrogen) atoms. The Morgan fingerprint density at radius 2 is 1.52 bits per heavy atom. The van der Waals surface area contributed by atoms with Crippen molar-refractivity contribution in [2.24, 2.45) is 11.8 Å². The number of amides is 3. The lowest BCUT2D eigenvalue weighted by Gasteiger charge is -2.38. The molecule has 2 aromatic carbocycles. The number of hydrogen-bond acceptors (Lipinski definition) is 3. The van der Waals surface area contributed by atoms with Gasteiger partial charge in [-0.1, -0.05) is 87.0 Å². The van der Waals surface area contributed by atoms with E-state index < -0.39 is 6.04 Å². The third-order valence-electron chi connectivity index (χ3n) is 9.25. The quantitative estimate of drug-likeness (QED) is 0.314. The van der Waals surface area contributed by atoms with Crippen LogP contribution in [0.15, 0.2) is 48.5 Å². The minimum atomic E-state index is -0.500. The summed E-state index contributed by atoms with van der Waals surface area (Å²) in [6.45, 7) is 9.76. The summed E-state index contributed by atoms with van der Waals surface area (Å²) in [6.07, 6.45) is 14.9. The summed E-state index contributed by atoms with van der Waals surface area (Å²) in [4.78, 5) is 35.6. The standard InChI is InChI=1S/C21H29ClN2O2.C11H14.C5H11NO/c22-19-8-6-16(7-9-19)14-20(23-15-25)21(26)24-12-10-18(11-13-24)17-4-2-1-3-5-17;1-9-5-4-7-10-6-2-3-8-11(9)10;1-5(2,3)6-4-7/h6-9,15,17-18,20H,1-5,10-14H2,(H,23,25);2-3,6,8-9H,4-5,7H2,1H3;4H,1-3H3,(H,6,7)/t20-;;/m1../s1. The number of likely N-dealkylation sites (tertiary alicyclic amines) is 1. The first-order valence-corrected chi connectivity index (χ1v) is 17.0. The van der Waals surface area contributed by atoms with Crippen LogP contribution in [-0.4, -0.2) is 48.3 Å². The smallest absolute Gasteiger partial charge is 0.245 e. The predicted octanol–water partition coefficient (Wildman–Crippen LogP) is 7.47. The van der Waals surface area contributed by atoms with E-state index in [0.29, 0.717) is 24.3 Å². The normalized spacial score (nSPS) is 19.6. The maximum Gasteiger partial charge on any atom is 0.245 e. The average Bonchev–Trinajstić information content (AvgIpc) is 3.02. The predicted molar refractivity (Wildman–Crippen MR) is 181 cm³/mol. The summed E-state index contributed by atoms with van der Waals surface area (Å²) >= 11 is 5.92. The van der Waals surface area contributed by atoms with E-state index in [9.17, 15) is 14.4 Å². The van der Waals surface area contributed by atoms with E-state index in [2.05, 4.69) is 41.8 Å². The van der Waals surface area contributed by atoms with E-state index in [1.165, 1.54) is 51.4 Å². The Morgan fingerprint density at radius 3 is 2.09 bits per heavy atom. The molecule has 1 heterocycles. The topological polar surface area (TPSA) is 78.5 Å². The molecule has 7 heteroatoms. The van der Waals surface area contributed by atoms with E-state index in [1.54, 1.807) is 11.1 Å². The second kappa shape index (κ2) is 18.2. The lowest BCUT2D eigenvalue weighted by Crippen LogP contribution is -2.50. The van der Waals surface area contributed by atoms with Crippen LogP contribution in [0.4, 0.5) is 0 Å². The first-order chi connectivity index (χ1) is 21.1. The molecule has 1 saturated heterocycles. The van der Waals surface area contributed by atoms with Crippen molar-refractivity contribution in [2.75, 3.05) is 13.1 Å². The number of aryl methyl sites for hydroxylation is 1. The molecule has 2 aliphatic carbocycles. The third-order valence-corrected chi connectivity index (χ3v) is 9.50. The molecule has 6 nitrogen and oxygen atoms in total. The van der Waals surface area contributed by atoms with E-state index >= 15 is 0 Å². The van der Waals surface area contributed by atoms with Crippen LogP contribution < -0.4 is 10.6 Å². The van der Waals surface area contributed by atoms with Gasteiger partial charge in [0.1, 0.15) is 6.04 Å². The van der Waals surface area contributed by atoms with Crippen molar-refractivity contribution in [2.45, 2.75) is 116 Å². The summed E-state index contributed by atoms with van der Waals surface area (Å²) in [6, 6.07) is 15.8. The number of halogens is 1. The van der Waals surface area contributed by atoms with Crippen LogP contribution >= 0.6 is 11.6 Å². The van der Waals surface area contributed by atoms with E-state index in [-0.39, 0.29) is 11.4 Å². The van der Waals surface area contributed by atoms with Gasteiger partial charge in [-0.2, -0.15) is 0 Å². The summed E-state index contributed by atoms with van der Waals surface area (Å²) in [5.41, 5.74) is 4.09. The lowest BCUT2D eigenvalue weighted by atomic mass is 9.76. The Hall–Kier alpha value is -2.86. The Kier molecular flexibility index (Phi) is 14.7. The van der Waals surface area contributed by atoms with Crippen molar-refractivity contribution in [1.82, 2.24) is 15.5 Å². The third kappa shape index (κ3) is 11.9. The second-order valence-corrected chi connectivity index (χ2v) is 14.2. The van der Waals surface area contributed by atoms with Gasteiger partial charge in [-0.05, 0) is 99.5 Å². The van der Waals surface area contributed by atoms with Crippen LogP contribution in [0.3, 0.4) is 0 Å². The van der Waals surface area contributed by atoms with Crippen LogP contribution in [0.25, 0.3) is 0 Å². The fourth-order valence-electron chi connectivity index (χ4n) is 6.75. The SMILES string of the molecule is CC(C)(C)NC=O.CC1CCCc2ccccc21.O=CN[C@H](Cc1ccc(Cl)cc1)C(=O)N1CCC(C2CCCCC2)CC1. The molecule has 1 unspecified atom stereocenters. The van der Waals surface area contributed by atoms with E-state index in [1.807, 2.05) is 49.9 Å². The maximum absolute atomic E-state index is 12.9. The summed E-state index contributed by atoms with van der Waals surface area (Å²) < 4.78 is 0. The maximum atomic E-state index is 12.9. The zero-order valence-electron chi connectivity index (χ0n) is 27.3. The average molecular weight is 624 g/mol. The van der Waals surface area contributed by atoms with Gasteiger partial charge in [-0.3, -0.25) is 14.4 Å². The minimum absolute atomic E-state index is 0.0362.